The Morgan fingerprint density at radius 3 is 2.42 bits per heavy atom. The molecule has 0 aliphatic carbocycles. The topological polar surface area (TPSA) is 197 Å². The van der Waals surface area contributed by atoms with Gasteiger partial charge in [0.1, 0.15) is 29.3 Å². The maximum absolute atomic E-state index is 13.9. The van der Waals surface area contributed by atoms with Crippen molar-refractivity contribution in [2.75, 3.05) is 13.1 Å². The van der Waals surface area contributed by atoms with E-state index >= 15 is 0 Å². The number of carbonyl (C=O) groups excluding carboxylic acids is 5. The van der Waals surface area contributed by atoms with E-state index in [2.05, 4.69) is 31.4 Å². The van der Waals surface area contributed by atoms with Crippen LogP contribution in [0.15, 0.2) is 70.1 Å². The Kier molecular flexibility index (Phi) is 11.0. The molecule has 3 atom stereocenters. The highest BCUT2D eigenvalue weighted by molar-refractivity contribution is 5.98. The van der Waals surface area contributed by atoms with Crippen LogP contribution in [0.3, 0.4) is 0 Å². The van der Waals surface area contributed by atoms with Gasteiger partial charge in [-0.25, -0.2) is 4.98 Å². The van der Waals surface area contributed by atoms with E-state index < -0.39 is 53.2 Å². The van der Waals surface area contributed by atoms with Gasteiger partial charge in [-0.1, -0.05) is 55.4 Å². The van der Waals surface area contributed by atoms with E-state index in [1.165, 1.54) is 28.5 Å². The average Bonchev–Trinajstić information content (AvgIpc) is 3.55. The fourth-order valence-corrected chi connectivity index (χ4v) is 5.63. The van der Waals surface area contributed by atoms with E-state index in [1.54, 1.807) is 25.1 Å². The summed E-state index contributed by atoms with van der Waals surface area (Å²) in [5.41, 5.74) is 0.797. The Bertz CT molecular complexity index is 1960. The number of fused-ring (bicyclic) bond motifs is 3. The summed E-state index contributed by atoms with van der Waals surface area (Å²) in [6, 6.07) is 12.5. The minimum atomic E-state index is -1.07. The van der Waals surface area contributed by atoms with Crippen molar-refractivity contribution in [3.05, 3.63) is 99.4 Å². The second-order valence-corrected chi connectivity index (χ2v) is 12.7. The van der Waals surface area contributed by atoms with Crippen LogP contribution in [0.1, 0.15) is 65.1 Å². The van der Waals surface area contributed by atoms with Gasteiger partial charge in [0.05, 0.1) is 6.54 Å². The van der Waals surface area contributed by atoms with Crippen molar-refractivity contribution in [2.24, 2.45) is 5.92 Å². The quantitative estimate of drug-likeness (QED) is 0.238. The van der Waals surface area contributed by atoms with Crippen LogP contribution in [0.4, 0.5) is 0 Å². The second kappa shape index (κ2) is 15.6. The summed E-state index contributed by atoms with van der Waals surface area (Å²) in [6.45, 7) is 6.59. The van der Waals surface area contributed by atoms with Gasteiger partial charge in [0, 0.05) is 37.5 Å². The average molecular weight is 685 g/mol. The summed E-state index contributed by atoms with van der Waals surface area (Å²) in [5, 5.41) is 14.7. The highest BCUT2D eigenvalue weighted by Crippen LogP contribution is 2.13. The van der Waals surface area contributed by atoms with Crippen LogP contribution >= 0.6 is 0 Å². The first-order valence-corrected chi connectivity index (χ1v) is 16.4. The van der Waals surface area contributed by atoms with E-state index in [4.69, 9.17) is 4.52 Å². The van der Waals surface area contributed by atoms with E-state index in [0.29, 0.717) is 11.3 Å². The van der Waals surface area contributed by atoms with Gasteiger partial charge in [-0.2, -0.15) is 0 Å². The maximum atomic E-state index is 13.9. The molecule has 1 aliphatic rings. The monoisotopic (exact) mass is 684 g/mol. The number of amides is 5. The molecule has 3 aromatic heterocycles. The number of aryl methyl sites for hydroxylation is 1. The van der Waals surface area contributed by atoms with Crippen LogP contribution in [-0.2, 0) is 27.3 Å². The zero-order valence-corrected chi connectivity index (χ0v) is 28.3. The van der Waals surface area contributed by atoms with Crippen molar-refractivity contribution in [1.29, 1.82) is 0 Å². The van der Waals surface area contributed by atoms with Crippen molar-refractivity contribution in [1.82, 2.24) is 40.7 Å². The summed E-state index contributed by atoms with van der Waals surface area (Å²) in [5.74, 6) is -2.99. The van der Waals surface area contributed by atoms with Gasteiger partial charge in [-0.3, -0.25) is 33.2 Å². The molecule has 0 fully saturated rings. The molecule has 0 unspecified atom stereocenters. The van der Waals surface area contributed by atoms with E-state index in [9.17, 15) is 28.8 Å². The van der Waals surface area contributed by atoms with Gasteiger partial charge >= 0.3 is 0 Å². The molecule has 1 aliphatic heterocycles. The fourth-order valence-electron chi connectivity index (χ4n) is 5.63. The Balaban J connectivity index is 1.48. The molecule has 0 saturated heterocycles. The zero-order chi connectivity index (χ0) is 35.9. The number of carbonyl (C=O) groups is 5. The molecule has 5 rings (SSSR count). The number of hydrogen-bond acceptors (Lipinski definition) is 9. The number of nitrogens with one attached hydrogen (secondary N) is 4. The molecule has 50 heavy (non-hydrogen) atoms. The minimum absolute atomic E-state index is 0.00188. The Morgan fingerprint density at radius 2 is 1.68 bits per heavy atom. The first-order valence-electron chi connectivity index (χ1n) is 16.4. The largest absolute Gasteiger partial charge is 0.359 e. The molecule has 5 amide bonds. The van der Waals surface area contributed by atoms with Crippen LogP contribution < -0.4 is 26.8 Å². The Morgan fingerprint density at radius 1 is 0.940 bits per heavy atom. The lowest BCUT2D eigenvalue weighted by atomic mass is 10.0. The van der Waals surface area contributed by atoms with Gasteiger partial charge in [-0.15, -0.1) is 0 Å². The van der Waals surface area contributed by atoms with Crippen molar-refractivity contribution in [2.45, 2.75) is 65.2 Å². The summed E-state index contributed by atoms with van der Waals surface area (Å²) in [6.07, 6.45) is 1.62. The van der Waals surface area contributed by atoms with Gasteiger partial charge in [0.2, 0.25) is 17.7 Å². The van der Waals surface area contributed by atoms with Gasteiger partial charge in [0.25, 0.3) is 17.4 Å². The first kappa shape index (κ1) is 35.4. The number of hydrogen-bond donors (Lipinski definition) is 4. The zero-order valence-electron chi connectivity index (χ0n) is 28.3. The molecule has 0 saturated carbocycles. The van der Waals surface area contributed by atoms with Gasteiger partial charge in [0.15, 0.2) is 11.5 Å². The lowest BCUT2D eigenvalue weighted by Gasteiger charge is -2.26. The number of aromatic nitrogens is 3. The molecule has 4 aromatic rings. The third-order valence-electron chi connectivity index (χ3n) is 8.26. The number of benzene rings is 1. The standard InChI is InChI=1S/C35H40N8O7/c1-20(2)15-26-32(46)40-27(16-23-10-6-5-7-11-23)31(45)36-13-14-42(19-24-17-28(41-50-24)33(47)38-22(4)30(44)39-26)34(48)25-18-37-29-12-8-9-21(3)43(29)35(25)49/h5-12,17-18,20,22,26-27H,13-16,19H2,1-4H3,(H,36,45)(H,38,47)(H,39,44)(H,40,46)/t22-,26-,27-/m1/s1. The molecular weight excluding hydrogens is 644 g/mol. The van der Waals surface area contributed by atoms with Crippen LogP contribution in [0.2, 0.25) is 0 Å². The van der Waals surface area contributed by atoms with Crippen LogP contribution in [-0.4, -0.2) is 80.2 Å². The van der Waals surface area contributed by atoms with E-state index in [1.807, 2.05) is 44.2 Å². The summed E-state index contributed by atoms with van der Waals surface area (Å²) in [7, 11) is 0. The van der Waals surface area contributed by atoms with Crippen LogP contribution in [0.5, 0.6) is 0 Å². The molecule has 0 spiro atoms. The maximum Gasteiger partial charge on any atom is 0.274 e. The van der Waals surface area contributed by atoms with Crippen LogP contribution in [0.25, 0.3) is 5.65 Å². The number of nitrogens with zero attached hydrogens (tertiary/aromatic N) is 4. The second-order valence-electron chi connectivity index (χ2n) is 12.7. The summed E-state index contributed by atoms with van der Waals surface area (Å²) >= 11 is 0. The molecule has 4 N–H and O–H groups in total. The molecule has 1 aromatic carbocycles. The molecular formula is C35H40N8O7. The molecule has 0 radical (unpaired) electrons. The summed E-state index contributed by atoms with van der Waals surface area (Å²) in [4.78, 5) is 86.5. The molecule has 262 valence electrons. The SMILES string of the molecule is Cc1cccc2ncc(C(=O)N3CCNC(=O)[C@@H](Cc4ccccc4)NC(=O)[C@@H](CC(C)C)NC(=O)[C@@H](C)NC(=O)c4cc(on4)C3)c(=O)n12. The van der Waals surface area contributed by atoms with Crippen molar-refractivity contribution in [3.8, 4) is 0 Å². The Hall–Kier alpha value is -5.86. The van der Waals surface area contributed by atoms with Crippen molar-refractivity contribution >= 4 is 35.2 Å². The van der Waals surface area contributed by atoms with Gasteiger partial charge < -0.3 is 30.7 Å². The third kappa shape index (κ3) is 8.40. The molecule has 4 heterocycles. The van der Waals surface area contributed by atoms with E-state index in [0.717, 1.165) is 5.56 Å². The van der Waals surface area contributed by atoms with Crippen LogP contribution in [0, 0.1) is 12.8 Å². The molecule has 15 heteroatoms. The number of pyridine rings is 1. The van der Waals surface area contributed by atoms with Crippen molar-refractivity contribution in [3.63, 3.8) is 0 Å². The van der Waals surface area contributed by atoms with E-state index in [-0.39, 0.29) is 55.4 Å². The molecule has 2 bridgehead atoms. The Labute approximate surface area is 287 Å². The predicted molar refractivity (Wildman–Crippen MR) is 181 cm³/mol. The smallest absolute Gasteiger partial charge is 0.274 e. The first-order chi connectivity index (χ1) is 23.9. The minimum Gasteiger partial charge on any atom is -0.359 e. The van der Waals surface area contributed by atoms with Gasteiger partial charge in [-0.05, 0) is 43.9 Å². The van der Waals surface area contributed by atoms with Crippen molar-refractivity contribution < 1.29 is 28.5 Å². The predicted octanol–water partition coefficient (Wildman–Crippen LogP) is 1.14. The number of rotatable bonds is 5. The highest BCUT2D eigenvalue weighted by atomic mass is 16.5. The highest BCUT2D eigenvalue weighted by Gasteiger charge is 2.31. The molecule has 15 nitrogen and oxygen atoms in total. The third-order valence-corrected chi connectivity index (χ3v) is 8.26. The lowest BCUT2D eigenvalue weighted by Crippen LogP contribution is -2.57. The summed E-state index contributed by atoms with van der Waals surface area (Å²) < 4.78 is 6.71. The normalized spacial score (nSPS) is 19.6. The lowest BCUT2D eigenvalue weighted by molar-refractivity contribution is -0.132. The fraction of sp³-hybridized carbons (Fsp3) is 0.371.